The van der Waals surface area contributed by atoms with E-state index in [9.17, 15) is 8.42 Å². The minimum atomic E-state index is -3.34. The molecule has 2 N–H and O–H groups in total. The molecule has 0 aromatic heterocycles. The summed E-state index contributed by atoms with van der Waals surface area (Å²) in [6.45, 7) is 1.12. The molecule has 0 radical (unpaired) electrons. The Bertz CT molecular complexity index is 514. The van der Waals surface area contributed by atoms with Crippen LogP contribution < -0.4 is 15.4 Å². The summed E-state index contributed by atoms with van der Waals surface area (Å²) >= 11 is 0. The van der Waals surface area contributed by atoms with Crippen molar-refractivity contribution >= 4 is 9.84 Å². The lowest BCUT2D eigenvalue weighted by Crippen LogP contribution is -2.16. The van der Waals surface area contributed by atoms with E-state index >= 15 is 0 Å². The highest BCUT2D eigenvalue weighted by Crippen LogP contribution is 2.32. The van der Waals surface area contributed by atoms with Gasteiger partial charge in [-0.05, 0) is 18.6 Å². The van der Waals surface area contributed by atoms with Crippen LogP contribution in [0.2, 0.25) is 0 Å². The second-order valence-electron chi connectivity index (χ2n) is 3.85. The quantitative estimate of drug-likeness (QED) is 0.621. The molecule has 0 atom stereocenters. The lowest BCUT2D eigenvalue weighted by molar-refractivity contribution is 0.139. The zero-order valence-corrected chi connectivity index (χ0v) is 10.6. The van der Waals surface area contributed by atoms with Gasteiger partial charge in [-0.25, -0.2) is 14.3 Å². The molecule has 0 amide bonds. The SMILES string of the molecule is NOCCCS(=O)(=O)c1ccc2c(c1)OCCO2. The van der Waals surface area contributed by atoms with Gasteiger partial charge in [0.05, 0.1) is 17.3 Å². The van der Waals surface area contributed by atoms with Crippen molar-refractivity contribution in [2.45, 2.75) is 11.3 Å². The van der Waals surface area contributed by atoms with Crippen LogP contribution in [0.3, 0.4) is 0 Å². The molecule has 6 nitrogen and oxygen atoms in total. The van der Waals surface area contributed by atoms with Gasteiger partial charge in [-0.15, -0.1) is 0 Å². The predicted molar refractivity (Wildman–Crippen MR) is 64.2 cm³/mol. The summed E-state index contributed by atoms with van der Waals surface area (Å²) < 4.78 is 34.7. The number of benzene rings is 1. The van der Waals surface area contributed by atoms with E-state index < -0.39 is 9.84 Å². The van der Waals surface area contributed by atoms with Gasteiger partial charge >= 0.3 is 0 Å². The maximum absolute atomic E-state index is 12.0. The summed E-state index contributed by atoms with van der Waals surface area (Å²) in [4.78, 5) is 4.58. The summed E-state index contributed by atoms with van der Waals surface area (Å²) in [5, 5.41) is 0. The van der Waals surface area contributed by atoms with Gasteiger partial charge in [0.15, 0.2) is 21.3 Å². The highest BCUT2D eigenvalue weighted by atomic mass is 32.2. The normalized spacial score (nSPS) is 14.5. The third kappa shape index (κ3) is 2.92. The Hall–Kier alpha value is -1.31. The van der Waals surface area contributed by atoms with Crippen LogP contribution in [-0.4, -0.2) is 34.0 Å². The van der Waals surface area contributed by atoms with E-state index in [1.54, 1.807) is 6.07 Å². The summed E-state index contributed by atoms with van der Waals surface area (Å²) in [7, 11) is -3.34. The Morgan fingerprint density at radius 2 is 1.94 bits per heavy atom. The maximum Gasteiger partial charge on any atom is 0.178 e. The predicted octanol–water partition coefficient (Wildman–Crippen LogP) is 0.512. The van der Waals surface area contributed by atoms with Crippen molar-refractivity contribution < 1.29 is 22.7 Å². The first kappa shape index (κ1) is 13.1. The van der Waals surface area contributed by atoms with E-state index in [0.29, 0.717) is 31.1 Å². The first-order valence-corrected chi connectivity index (χ1v) is 7.23. The van der Waals surface area contributed by atoms with Gasteiger partial charge in [-0.3, -0.25) is 0 Å². The summed E-state index contributed by atoms with van der Waals surface area (Å²) in [6, 6.07) is 4.63. The molecule has 0 spiro atoms. The molecule has 1 heterocycles. The van der Waals surface area contributed by atoms with Crippen molar-refractivity contribution in [1.29, 1.82) is 0 Å². The summed E-state index contributed by atoms with van der Waals surface area (Å²) in [6.07, 6.45) is 0.354. The number of fused-ring (bicyclic) bond motifs is 1. The number of rotatable bonds is 5. The van der Waals surface area contributed by atoms with E-state index in [4.69, 9.17) is 15.4 Å². The second kappa shape index (κ2) is 5.55. The summed E-state index contributed by atoms with van der Waals surface area (Å²) in [5.74, 6) is 5.89. The van der Waals surface area contributed by atoms with Crippen molar-refractivity contribution in [3.8, 4) is 11.5 Å². The Morgan fingerprint density at radius 1 is 1.22 bits per heavy atom. The molecule has 0 saturated carbocycles. The maximum atomic E-state index is 12.0. The molecule has 2 rings (SSSR count). The number of hydrogen-bond donors (Lipinski definition) is 1. The third-order valence-electron chi connectivity index (χ3n) is 2.55. The van der Waals surface area contributed by atoms with E-state index in [2.05, 4.69) is 4.84 Å². The highest BCUT2D eigenvalue weighted by molar-refractivity contribution is 7.91. The molecule has 1 aliphatic heterocycles. The first-order valence-electron chi connectivity index (χ1n) is 5.57. The fourth-order valence-corrected chi connectivity index (χ4v) is 2.96. The standard InChI is InChI=1S/C11H15NO5S/c12-17-4-1-7-18(13,14)9-2-3-10-11(8-9)16-6-5-15-10/h2-3,8H,1,4-7,12H2. The molecular weight excluding hydrogens is 258 g/mol. The number of sulfone groups is 1. The van der Waals surface area contributed by atoms with Crippen LogP contribution in [0.15, 0.2) is 23.1 Å². The zero-order chi connectivity index (χ0) is 13.0. The van der Waals surface area contributed by atoms with Gasteiger partial charge in [0.1, 0.15) is 13.2 Å². The van der Waals surface area contributed by atoms with Crippen LogP contribution in [0, 0.1) is 0 Å². The van der Waals surface area contributed by atoms with Crippen LogP contribution in [0.1, 0.15) is 6.42 Å². The van der Waals surface area contributed by atoms with Crippen molar-refractivity contribution in [2.24, 2.45) is 5.90 Å². The Balaban J connectivity index is 2.17. The lowest BCUT2D eigenvalue weighted by Gasteiger charge is -2.18. The molecule has 0 unspecified atom stereocenters. The molecule has 1 aromatic carbocycles. The first-order chi connectivity index (χ1) is 8.63. The average Bonchev–Trinajstić information content (AvgIpc) is 2.38. The van der Waals surface area contributed by atoms with Gasteiger partial charge in [-0.2, -0.15) is 0 Å². The molecule has 18 heavy (non-hydrogen) atoms. The van der Waals surface area contributed by atoms with Crippen LogP contribution in [0.4, 0.5) is 0 Å². The molecule has 7 heteroatoms. The van der Waals surface area contributed by atoms with Crippen LogP contribution >= 0.6 is 0 Å². The molecule has 1 aliphatic rings. The Kier molecular flexibility index (Phi) is 4.05. The van der Waals surface area contributed by atoms with Gasteiger partial charge < -0.3 is 14.3 Å². The van der Waals surface area contributed by atoms with Crippen molar-refractivity contribution in [1.82, 2.24) is 0 Å². The molecule has 0 aliphatic carbocycles. The molecule has 0 saturated heterocycles. The Labute approximate surface area is 106 Å². The summed E-state index contributed by atoms with van der Waals surface area (Å²) in [5.41, 5.74) is 0. The molecule has 0 bridgehead atoms. The van der Waals surface area contributed by atoms with Crippen LogP contribution in [0.25, 0.3) is 0 Å². The number of ether oxygens (including phenoxy) is 2. The highest BCUT2D eigenvalue weighted by Gasteiger charge is 2.19. The number of nitrogens with two attached hydrogens (primary N) is 1. The third-order valence-corrected chi connectivity index (χ3v) is 4.35. The molecular formula is C11H15NO5S. The van der Waals surface area contributed by atoms with Crippen molar-refractivity contribution in [3.63, 3.8) is 0 Å². The smallest absolute Gasteiger partial charge is 0.178 e. The van der Waals surface area contributed by atoms with E-state index in [-0.39, 0.29) is 17.3 Å². The van der Waals surface area contributed by atoms with Gasteiger partial charge in [-0.1, -0.05) is 0 Å². The number of hydrogen-bond acceptors (Lipinski definition) is 6. The fraction of sp³-hybridized carbons (Fsp3) is 0.455. The largest absolute Gasteiger partial charge is 0.486 e. The van der Waals surface area contributed by atoms with Crippen LogP contribution in [-0.2, 0) is 14.7 Å². The monoisotopic (exact) mass is 273 g/mol. The van der Waals surface area contributed by atoms with Gasteiger partial charge in [0.2, 0.25) is 0 Å². The minimum absolute atomic E-state index is 0.0101. The lowest BCUT2D eigenvalue weighted by atomic mass is 10.3. The fourth-order valence-electron chi connectivity index (χ4n) is 1.67. The molecule has 1 aromatic rings. The zero-order valence-electron chi connectivity index (χ0n) is 9.79. The second-order valence-corrected chi connectivity index (χ2v) is 5.96. The van der Waals surface area contributed by atoms with Crippen molar-refractivity contribution in [3.05, 3.63) is 18.2 Å². The van der Waals surface area contributed by atoms with Gasteiger partial charge in [0, 0.05) is 6.07 Å². The molecule has 0 fully saturated rings. The van der Waals surface area contributed by atoms with E-state index in [0.717, 1.165) is 0 Å². The Morgan fingerprint density at radius 3 is 2.67 bits per heavy atom. The van der Waals surface area contributed by atoms with Crippen LogP contribution in [0.5, 0.6) is 11.5 Å². The molecule has 100 valence electrons. The van der Waals surface area contributed by atoms with Crippen molar-refractivity contribution in [2.75, 3.05) is 25.6 Å². The average molecular weight is 273 g/mol. The minimum Gasteiger partial charge on any atom is -0.486 e. The van der Waals surface area contributed by atoms with Gasteiger partial charge in [0.25, 0.3) is 0 Å². The van der Waals surface area contributed by atoms with E-state index in [1.165, 1.54) is 12.1 Å². The topological polar surface area (TPSA) is 87.9 Å². The van der Waals surface area contributed by atoms with E-state index in [1.807, 2.05) is 0 Å².